The molecule has 2 fully saturated rings. The number of aromatic nitrogens is 1. The van der Waals surface area contributed by atoms with Gasteiger partial charge in [0, 0.05) is 31.5 Å². The Bertz CT molecular complexity index is 532. The van der Waals surface area contributed by atoms with E-state index in [0.717, 1.165) is 51.6 Å². The molecule has 118 valence electrons. The van der Waals surface area contributed by atoms with Crippen LogP contribution >= 0.6 is 0 Å². The van der Waals surface area contributed by atoms with Crippen LogP contribution in [0.2, 0.25) is 0 Å². The van der Waals surface area contributed by atoms with Crippen molar-refractivity contribution in [3.8, 4) is 0 Å². The van der Waals surface area contributed by atoms with E-state index in [1.807, 2.05) is 4.90 Å². The highest BCUT2D eigenvalue weighted by atomic mass is 16.2. The predicted octanol–water partition coefficient (Wildman–Crippen LogP) is 1.99. The standard InChI is InChI=1S/C17H23N3O2/c21-16-14-7-4-8-15(14)20(11-3-1-2-10-19-16)17(22)13-6-5-9-18-12-13/h5-6,9,12,14-15H,1-4,7-8,10-11H2,(H,19,21). The van der Waals surface area contributed by atoms with Crippen molar-refractivity contribution < 1.29 is 9.59 Å². The van der Waals surface area contributed by atoms with Gasteiger partial charge in [0.15, 0.2) is 0 Å². The average Bonchev–Trinajstić information content (AvgIpc) is 3.03. The van der Waals surface area contributed by atoms with E-state index in [1.165, 1.54) is 0 Å². The Morgan fingerprint density at radius 2 is 2.14 bits per heavy atom. The van der Waals surface area contributed by atoms with E-state index in [0.29, 0.717) is 5.56 Å². The SMILES string of the molecule is O=C1NCCCCCN(C(=O)c2cccnc2)C2CCCC12. The molecule has 2 unspecified atom stereocenters. The molecule has 2 amide bonds. The molecule has 5 nitrogen and oxygen atoms in total. The van der Waals surface area contributed by atoms with Gasteiger partial charge in [-0.3, -0.25) is 14.6 Å². The molecule has 1 aliphatic heterocycles. The minimum absolute atomic E-state index is 0.0124. The molecular weight excluding hydrogens is 278 g/mol. The van der Waals surface area contributed by atoms with E-state index >= 15 is 0 Å². The van der Waals surface area contributed by atoms with Crippen molar-refractivity contribution in [1.82, 2.24) is 15.2 Å². The zero-order valence-corrected chi connectivity index (χ0v) is 12.8. The Morgan fingerprint density at radius 1 is 1.23 bits per heavy atom. The zero-order chi connectivity index (χ0) is 15.4. The summed E-state index contributed by atoms with van der Waals surface area (Å²) in [4.78, 5) is 31.2. The normalized spacial score (nSPS) is 26.2. The Hall–Kier alpha value is -1.91. The third kappa shape index (κ3) is 3.13. The summed E-state index contributed by atoms with van der Waals surface area (Å²) < 4.78 is 0. The topological polar surface area (TPSA) is 62.3 Å². The number of pyridine rings is 1. The van der Waals surface area contributed by atoms with Crippen LogP contribution in [0.5, 0.6) is 0 Å². The molecule has 0 spiro atoms. The van der Waals surface area contributed by atoms with Crippen LogP contribution in [0.1, 0.15) is 48.9 Å². The maximum atomic E-state index is 12.9. The Morgan fingerprint density at radius 3 is 2.95 bits per heavy atom. The largest absolute Gasteiger partial charge is 0.356 e. The van der Waals surface area contributed by atoms with Crippen molar-refractivity contribution in [2.24, 2.45) is 5.92 Å². The Kier molecular flexibility index (Phi) is 4.71. The predicted molar refractivity (Wildman–Crippen MR) is 83.3 cm³/mol. The van der Waals surface area contributed by atoms with E-state index in [-0.39, 0.29) is 23.8 Å². The van der Waals surface area contributed by atoms with Crippen LogP contribution in [-0.4, -0.2) is 40.8 Å². The lowest BCUT2D eigenvalue weighted by molar-refractivity contribution is -0.126. The van der Waals surface area contributed by atoms with Gasteiger partial charge < -0.3 is 10.2 Å². The van der Waals surface area contributed by atoms with Gasteiger partial charge in [-0.05, 0) is 44.2 Å². The van der Waals surface area contributed by atoms with E-state index in [4.69, 9.17) is 0 Å². The van der Waals surface area contributed by atoms with Crippen LogP contribution in [0.3, 0.4) is 0 Å². The van der Waals surface area contributed by atoms with Crippen LogP contribution in [0.15, 0.2) is 24.5 Å². The van der Waals surface area contributed by atoms with Crippen molar-refractivity contribution in [2.45, 2.75) is 44.6 Å². The first kappa shape index (κ1) is 15.0. The lowest BCUT2D eigenvalue weighted by Gasteiger charge is -2.33. The number of carbonyl (C=O) groups excluding carboxylic acids is 2. The van der Waals surface area contributed by atoms with Gasteiger partial charge in [-0.2, -0.15) is 0 Å². The van der Waals surface area contributed by atoms with Crippen molar-refractivity contribution in [3.63, 3.8) is 0 Å². The monoisotopic (exact) mass is 301 g/mol. The van der Waals surface area contributed by atoms with Crippen LogP contribution in [0.25, 0.3) is 0 Å². The first-order valence-corrected chi connectivity index (χ1v) is 8.26. The second-order valence-electron chi connectivity index (χ2n) is 6.20. The molecule has 1 saturated carbocycles. The third-order valence-electron chi connectivity index (χ3n) is 4.76. The van der Waals surface area contributed by atoms with Crippen LogP contribution in [0, 0.1) is 5.92 Å². The van der Waals surface area contributed by atoms with E-state index < -0.39 is 0 Å². The first-order valence-electron chi connectivity index (χ1n) is 8.26. The molecule has 0 aromatic carbocycles. The quantitative estimate of drug-likeness (QED) is 0.863. The minimum Gasteiger partial charge on any atom is -0.356 e. The van der Waals surface area contributed by atoms with Crippen LogP contribution in [0.4, 0.5) is 0 Å². The summed E-state index contributed by atoms with van der Waals surface area (Å²) in [5.41, 5.74) is 0.616. The highest BCUT2D eigenvalue weighted by molar-refractivity contribution is 5.94. The van der Waals surface area contributed by atoms with Crippen LogP contribution < -0.4 is 5.32 Å². The first-order chi connectivity index (χ1) is 10.8. The minimum atomic E-state index is -0.0567. The third-order valence-corrected chi connectivity index (χ3v) is 4.76. The summed E-state index contributed by atoms with van der Waals surface area (Å²) >= 11 is 0. The highest BCUT2D eigenvalue weighted by Gasteiger charge is 2.39. The van der Waals surface area contributed by atoms with Gasteiger partial charge in [-0.1, -0.05) is 6.42 Å². The summed E-state index contributed by atoms with van der Waals surface area (Å²) in [6.07, 6.45) is 9.12. The molecule has 1 N–H and O–H groups in total. The molecular formula is C17H23N3O2. The van der Waals surface area contributed by atoms with Gasteiger partial charge in [-0.15, -0.1) is 0 Å². The fourth-order valence-electron chi connectivity index (χ4n) is 3.62. The van der Waals surface area contributed by atoms with Crippen molar-refractivity contribution in [1.29, 1.82) is 0 Å². The average molecular weight is 301 g/mol. The molecule has 0 radical (unpaired) electrons. The van der Waals surface area contributed by atoms with Gasteiger partial charge in [0.1, 0.15) is 0 Å². The van der Waals surface area contributed by atoms with Crippen LogP contribution in [-0.2, 0) is 4.79 Å². The van der Waals surface area contributed by atoms with E-state index in [2.05, 4.69) is 10.3 Å². The summed E-state index contributed by atoms with van der Waals surface area (Å²) in [5.74, 6) is 0.0745. The molecule has 0 bridgehead atoms. The zero-order valence-electron chi connectivity index (χ0n) is 12.8. The molecule has 1 aromatic heterocycles. The number of hydrogen-bond donors (Lipinski definition) is 1. The molecule has 5 heteroatoms. The molecule has 2 aliphatic rings. The number of rotatable bonds is 1. The van der Waals surface area contributed by atoms with E-state index in [9.17, 15) is 9.59 Å². The van der Waals surface area contributed by atoms with Crippen molar-refractivity contribution in [3.05, 3.63) is 30.1 Å². The maximum Gasteiger partial charge on any atom is 0.255 e. The smallest absolute Gasteiger partial charge is 0.255 e. The summed E-state index contributed by atoms with van der Waals surface area (Å²) in [6.45, 7) is 1.50. The molecule has 2 atom stereocenters. The lowest BCUT2D eigenvalue weighted by Crippen LogP contribution is -2.48. The Labute approximate surface area is 131 Å². The second-order valence-corrected chi connectivity index (χ2v) is 6.20. The number of amides is 2. The summed E-state index contributed by atoms with van der Waals surface area (Å²) in [7, 11) is 0. The summed E-state index contributed by atoms with van der Waals surface area (Å²) in [6, 6.07) is 3.62. The number of fused-ring (bicyclic) bond motifs is 1. The number of hydrogen-bond acceptors (Lipinski definition) is 3. The van der Waals surface area contributed by atoms with Gasteiger partial charge in [0.25, 0.3) is 5.91 Å². The summed E-state index contributed by atoms with van der Waals surface area (Å²) in [5, 5.41) is 3.03. The second kappa shape index (κ2) is 6.90. The molecule has 22 heavy (non-hydrogen) atoms. The molecule has 1 aromatic rings. The van der Waals surface area contributed by atoms with E-state index in [1.54, 1.807) is 24.5 Å². The molecule has 3 rings (SSSR count). The van der Waals surface area contributed by atoms with Crippen molar-refractivity contribution >= 4 is 11.8 Å². The molecule has 1 saturated heterocycles. The number of nitrogens with one attached hydrogen (secondary N) is 1. The van der Waals surface area contributed by atoms with Gasteiger partial charge in [0.05, 0.1) is 11.5 Å². The highest BCUT2D eigenvalue weighted by Crippen LogP contribution is 2.32. The fourth-order valence-corrected chi connectivity index (χ4v) is 3.62. The van der Waals surface area contributed by atoms with Gasteiger partial charge >= 0.3 is 0 Å². The molecule has 2 heterocycles. The van der Waals surface area contributed by atoms with Gasteiger partial charge in [0.2, 0.25) is 5.91 Å². The lowest BCUT2D eigenvalue weighted by atomic mass is 9.98. The Balaban J connectivity index is 1.85. The van der Waals surface area contributed by atoms with Gasteiger partial charge in [-0.25, -0.2) is 0 Å². The number of nitrogens with zero attached hydrogens (tertiary/aromatic N) is 2. The van der Waals surface area contributed by atoms with Crippen molar-refractivity contribution in [2.75, 3.05) is 13.1 Å². The fraction of sp³-hybridized carbons (Fsp3) is 0.588. The maximum absolute atomic E-state index is 12.9. The number of carbonyl (C=O) groups is 2. The molecule has 1 aliphatic carbocycles.